The van der Waals surface area contributed by atoms with Crippen LogP contribution in [-0.2, 0) is 12.1 Å². The quantitative estimate of drug-likeness (QED) is 0.725. The first-order valence-corrected chi connectivity index (χ1v) is 9.99. The van der Waals surface area contributed by atoms with Gasteiger partial charge in [-0.25, -0.2) is 0 Å². The largest absolute Gasteiger partial charge is 0.384 e. The lowest BCUT2D eigenvalue weighted by molar-refractivity contribution is -0.148. The highest BCUT2D eigenvalue weighted by Gasteiger charge is 2.51. The van der Waals surface area contributed by atoms with E-state index in [1.165, 1.54) is 15.6 Å². The first kappa shape index (κ1) is 16.6. The van der Waals surface area contributed by atoms with Gasteiger partial charge in [-0.2, -0.15) is 0 Å². The summed E-state index contributed by atoms with van der Waals surface area (Å²) >= 11 is 2.35. The van der Waals surface area contributed by atoms with E-state index in [9.17, 15) is 5.11 Å². The molecule has 2 bridgehead atoms. The highest BCUT2D eigenvalue weighted by atomic mass is 127. The first-order valence-electron chi connectivity index (χ1n) is 8.91. The molecule has 0 amide bonds. The van der Waals surface area contributed by atoms with Crippen molar-refractivity contribution in [2.45, 2.75) is 31.4 Å². The maximum Gasteiger partial charge on any atom is 0.0977 e. The van der Waals surface area contributed by atoms with Crippen molar-refractivity contribution in [3.63, 3.8) is 0 Å². The molecular formula is C21H24INO. The van der Waals surface area contributed by atoms with E-state index in [-0.39, 0.29) is 0 Å². The van der Waals surface area contributed by atoms with Crippen molar-refractivity contribution in [3.8, 4) is 0 Å². The molecule has 3 atom stereocenters. The van der Waals surface area contributed by atoms with Crippen LogP contribution < -0.4 is 0 Å². The van der Waals surface area contributed by atoms with E-state index in [2.05, 4.69) is 82.1 Å². The van der Waals surface area contributed by atoms with Crippen LogP contribution in [0.25, 0.3) is 0 Å². The number of benzene rings is 2. The molecular weight excluding hydrogens is 409 g/mol. The predicted octanol–water partition coefficient (Wildman–Crippen LogP) is 4.41. The molecule has 0 aromatic heterocycles. The number of likely N-dealkylation sites (tertiary alicyclic amines) is 1. The molecule has 2 fully saturated rings. The second kappa shape index (κ2) is 6.77. The molecule has 4 rings (SSSR count). The Bertz CT molecular complexity index is 688. The monoisotopic (exact) mass is 433 g/mol. The van der Waals surface area contributed by atoms with E-state index in [1.54, 1.807) is 0 Å². The van der Waals surface area contributed by atoms with Crippen molar-refractivity contribution in [1.29, 1.82) is 0 Å². The molecule has 1 saturated carbocycles. The number of fused-ring (bicyclic) bond motifs is 2. The van der Waals surface area contributed by atoms with Crippen molar-refractivity contribution in [2.75, 3.05) is 13.1 Å². The number of hydrogen-bond donors (Lipinski definition) is 1. The maximum atomic E-state index is 11.7. The van der Waals surface area contributed by atoms with Gasteiger partial charge in [0.25, 0.3) is 0 Å². The van der Waals surface area contributed by atoms with Gasteiger partial charge in [0, 0.05) is 35.0 Å². The summed E-state index contributed by atoms with van der Waals surface area (Å²) < 4.78 is 1.21. The van der Waals surface area contributed by atoms with Gasteiger partial charge in [-0.15, -0.1) is 0 Å². The van der Waals surface area contributed by atoms with E-state index in [1.807, 2.05) is 0 Å². The van der Waals surface area contributed by atoms with Gasteiger partial charge in [0.2, 0.25) is 0 Å². The molecule has 1 N–H and O–H groups in total. The van der Waals surface area contributed by atoms with Gasteiger partial charge in [0.05, 0.1) is 5.60 Å². The summed E-state index contributed by atoms with van der Waals surface area (Å²) in [6.07, 6.45) is 3.51. The van der Waals surface area contributed by atoms with Gasteiger partial charge in [0.1, 0.15) is 0 Å². The SMILES string of the molecule is OC1(c2cccc(I)c2)[C@@H]2CCC[C@H]1CN(Cc1ccccc1)C2. The van der Waals surface area contributed by atoms with Crippen LogP contribution in [0.4, 0.5) is 0 Å². The van der Waals surface area contributed by atoms with E-state index in [4.69, 9.17) is 0 Å². The molecule has 1 aliphatic heterocycles. The number of aliphatic hydroxyl groups is 1. The fourth-order valence-corrected chi connectivity index (χ4v) is 5.27. The second-order valence-electron chi connectivity index (χ2n) is 7.34. The smallest absolute Gasteiger partial charge is 0.0977 e. The minimum atomic E-state index is -0.646. The van der Waals surface area contributed by atoms with E-state index in [0.29, 0.717) is 11.8 Å². The normalized spacial score (nSPS) is 30.2. The highest BCUT2D eigenvalue weighted by molar-refractivity contribution is 14.1. The van der Waals surface area contributed by atoms with Crippen LogP contribution in [0.3, 0.4) is 0 Å². The lowest BCUT2D eigenvalue weighted by atomic mass is 9.62. The van der Waals surface area contributed by atoms with Gasteiger partial charge in [-0.05, 0) is 58.7 Å². The van der Waals surface area contributed by atoms with Crippen LogP contribution in [0.1, 0.15) is 30.4 Å². The van der Waals surface area contributed by atoms with Crippen LogP contribution in [0.5, 0.6) is 0 Å². The Kier molecular flexibility index (Phi) is 4.67. The Morgan fingerprint density at radius 1 is 1.00 bits per heavy atom. The second-order valence-corrected chi connectivity index (χ2v) is 8.59. The predicted molar refractivity (Wildman–Crippen MR) is 106 cm³/mol. The first-order chi connectivity index (χ1) is 11.7. The van der Waals surface area contributed by atoms with E-state index in [0.717, 1.165) is 38.0 Å². The summed E-state index contributed by atoms with van der Waals surface area (Å²) in [5.74, 6) is 0.679. The molecule has 1 aliphatic carbocycles. The summed E-state index contributed by atoms with van der Waals surface area (Å²) in [5, 5.41) is 11.7. The van der Waals surface area contributed by atoms with Crippen molar-refractivity contribution in [3.05, 3.63) is 69.3 Å². The van der Waals surface area contributed by atoms with Crippen molar-refractivity contribution in [1.82, 2.24) is 4.90 Å². The fraction of sp³-hybridized carbons (Fsp3) is 0.429. The Hall–Kier alpha value is -0.910. The third-order valence-electron chi connectivity index (χ3n) is 5.84. The molecule has 2 aliphatic rings. The minimum Gasteiger partial charge on any atom is -0.384 e. The Morgan fingerprint density at radius 3 is 2.38 bits per heavy atom. The molecule has 1 heterocycles. The molecule has 3 heteroatoms. The maximum absolute atomic E-state index is 11.7. The number of hydrogen-bond acceptors (Lipinski definition) is 2. The van der Waals surface area contributed by atoms with Gasteiger partial charge in [-0.3, -0.25) is 4.90 Å². The molecule has 2 aromatic carbocycles. The van der Waals surface area contributed by atoms with Gasteiger partial charge in [0.15, 0.2) is 0 Å². The molecule has 1 unspecified atom stereocenters. The molecule has 2 nitrogen and oxygen atoms in total. The van der Waals surface area contributed by atoms with Crippen LogP contribution in [0.2, 0.25) is 0 Å². The Balaban J connectivity index is 1.59. The molecule has 2 aromatic rings. The Morgan fingerprint density at radius 2 is 1.71 bits per heavy atom. The van der Waals surface area contributed by atoms with E-state index >= 15 is 0 Å². The Labute approximate surface area is 158 Å². The lowest BCUT2D eigenvalue weighted by Gasteiger charge is -2.53. The summed E-state index contributed by atoms with van der Waals surface area (Å²) in [4.78, 5) is 2.55. The number of nitrogens with zero attached hydrogens (tertiary/aromatic N) is 1. The molecule has 24 heavy (non-hydrogen) atoms. The standard InChI is InChI=1S/C21H24INO/c22-20-11-5-8-17(12-20)21(24)18-9-4-10-19(21)15-23(14-18)13-16-6-2-1-3-7-16/h1-3,5-8,11-12,18-19,24H,4,9-10,13-15H2/t18-,19+,21?. The van der Waals surface area contributed by atoms with Crippen LogP contribution in [-0.4, -0.2) is 23.1 Å². The van der Waals surface area contributed by atoms with Crippen LogP contribution >= 0.6 is 22.6 Å². The minimum absolute atomic E-state index is 0.340. The zero-order chi connectivity index (χ0) is 16.6. The van der Waals surface area contributed by atoms with E-state index < -0.39 is 5.60 Å². The number of piperidine rings is 1. The van der Waals surface area contributed by atoms with Gasteiger partial charge in [-0.1, -0.05) is 48.9 Å². The molecule has 0 radical (unpaired) electrons. The highest BCUT2D eigenvalue weighted by Crippen LogP contribution is 2.49. The average Bonchev–Trinajstić information content (AvgIpc) is 2.57. The number of rotatable bonds is 3. The zero-order valence-electron chi connectivity index (χ0n) is 13.9. The third kappa shape index (κ3) is 3.02. The van der Waals surface area contributed by atoms with Crippen molar-refractivity contribution in [2.24, 2.45) is 11.8 Å². The summed E-state index contributed by atoms with van der Waals surface area (Å²) in [6.45, 7) is 2.98. The van der Waals surface area contributed by atoms with Crippen LogP contribution in [0.15, 0.2) is 54.6 Å². The molecule has 126 valence electrons. The molecule has 0 spiro atoms. The summed E-state index contributed by atoms with van der Waals surface area (Å²) in [6, 6.07) is 19.2. The number of halogens is 1. The van der Waals surface area contributed by atoms with Gasteiger partial charge < -0.3 is 5.11 Å². The van der Waals surface area contributed by atoms with Gasteiger partial charge >= 0.3 is 0 Å². The fourth-order valence-electron chi connectivity index (χ4n) is 4.72. The lowest BCUT2D eigenvalue weighted by Crippen LogP contribution is -2.57. The van der Waals surface area contributed by atoms with Crippen molar-refractivity contribution < 1.29 is 5.11 Å². The molecule has 1 saturated heterocycles. The zero-order valence-corrected chi connectivity index (χ0v) is 16.0. The average molecular weight is 433 g/mol. The third-order valence-corrected chi connectivity index (χ3v) is 6.51. The summed E-state index contributed by atoms with van der Waals surface area (Å²) in [7, 11) is 0. The topological polar surface area (TPSA) is 23.5 Å². The summed E-state index contributed by atoms with van der Waals surface area (Å²) in [5.41, 5.74) is 1.85. The van der Waals surface area contributed by atoms with Crippen molar-refractivity contribution >= 4 is 22.6 Å². The van der Waals surface area contributed by atoms with Crippen LogP contribution in [0, 0.1) is 15.4 Å².